The van der Waals surface area contributed by atoms with Crippen molar-refractivity contribution in [2.24, 2.45) is 4.99 Å². The topological polar surface area (TPSA) is 74.2 Å². The van der Waals surface area contributed by atoms with Gasteiger partial charge in [-0.1, -0.05) is 21.5 Å². The van der Waals surface area contributed by atoms with E-state index in [1.54, 1.807) is 13.8 Å². The number of sulfonamides is 1. The molecule has 3 aliphatic heterocycles. The summed E-state index contributed by atoms with van der Waals surface area (Å²) in [7, 11) is -3.37. The molecule has 0 amide bonds. The molecule has 208 valence electrons. The number of hydrogen-bond acceptors (Lipinski definition) is 6. The van der Waals surface area contributed by atoms with E-state index >= 15 is 0 Å². The Morgan fingerprint density at radius 3 is 2.24 bits per heavy atom. The highest BCUT2D eigenvalue weighted by atomic mass is 127. The van der Waals surface area contributed by atoms with E-state index < -0.39 is 15.3 Å². The van der Waals surface area contributed by atoms with Crippen molar-refractivity contribution in [2.45, 2.75) is 69.6 Å². The molecule has 0 aliphatic carbocycles. The SMILES string of the molecule is CCc1cc(N2CCOCC2)cc2c1N=c1c(CC)cc(N3CCC(NS(=O)(=O)C(C)C)CC3)cc1=S2I. The molecule has 1 unspecified atom stereocenters. The van der Waals surface area contributed by atoms with E-state index in [-0.39, 0.29) is 13.7 Å². The van der Waals surface area contributed by atoms with Crippen LogP contribution in [0.4, 0.5) is 17.1 Å². The van der Waals surface area contributed by atoms with E-state index in [1.807, 2.05) is 0 Å². The fraction of sp³-hybridized carbons (Fsp3) is 0.571. The molecule has 2 aromatic rings. The smallest absolute Gasteiger partial charge is 0.214 e. The maximum absolute atomic E-state index is 12.4. The molecule has 2 saturated heterocycles. The molecule has 0 saturated carbocycles. The number of nitrogens with one attached hydrogen (secondary N) is 1. The van der Waals surface area contributed by atoms with E-state index in [0.717, 1.165) is 76.1 Å². The molecule has 2 aromatic carbocycles. The van der Waals surface area contributed by atoms with Crippen molar-refractivity contribution in [3.05, 3.63) is 45.3 Å². The Bertz CT molecular complexity index is 1430. The molecule has 0 bridgehead atoms. The monoisotopic (exact) mass is 670 g/mol. The predicted octanol–water partition coefficient (Wildman–Crippen LogP) is 5.14. The number of aryl methyl sites for hydroxylation is 2. The van der Waals surface area contributed by atoms with Gasteiger partial charge in [0.15, 0.2) is 0 Å². The maximum Gasteiger partial charge on any atom is 0.214 e. The fourth-order valence-electron chi connectivity index (χ4n) is 5.41. The van der Waals surface area contributed by atoms with Crippen LogP contribution < -0.4 is 19.9 Å². The molecule has 3 aliphatic rings. The van der Waals surface area contributed by atoms with Crippen LogP contribution in [-0.4, -0.2) is 59.1 Å². The van der Waals surface area contributed by atoms with Crippen molar-refractivity contribution in [3.63, 3.8) is 0 Å². The van der Waals surface area contributed by atoms with Crippen molar-refractivity contribution in [3.8, 4) is 0 Å². The summed E-state index contributed by atoms with van der Waals surface area (Å²) in [6, 6.07) is 9.38. The van der Waals surface area contributed by atoms with Gasteiger partial charge >= 0.3 is 0 Å². The van der Waals surface area contributed by atoms with Crippen LogP contribution in [0.1, 0.15) is 51.7 Å². The molecule has 0 radical (unpaired) electrons. The largest absolute Gasteiger partial charge is 0.378 e. The summed E-state index contributed by atoms with van der Waals surface area (Å²) in [6.07, 6.45) is 3.52. The van der Waals surface area contributed by atoms with Gasteiger partial charge in [-0.05, 0) is 96.1 Å². The number of benzene rings is 2. The molecule has 2 fully saturated rings. The lowest BCUT2D eigenvalue weighted by Crippen LogP contribution is -2.46. The summed E-state index contributed by atoms with van der Waals surface area (Å²) in [6.45, 7) is 13.0. The standard InChI is InChI=1S/C28H39IN4O3S2/c1-5-20-15-23(32-9-7-22(8-10-32)31-38(34,35)19(3)4)17-25-27(20)30-28-21(6-2)16-24(18-26(28)37(25)29)33-11-13-36-14-12-33/h15-19,22,31H,5-14H2,1-4H3. The first-order valence-electron chi connectivity index (χ1n) is 13.8. The number of morpholine rings is 1. The zero-order valence-corrected chi connectivity index (χ0v) is 26.6. The van der Waals surface area contributed by atoms with Crippen LogP contribution in [0.25, 0.3) is 0 Å². The molecular formula is C28H39IN4O3S2. The lowest BCUT2D eigenvalue weighted by atomic mass is 10.0. The van der Waals surface area contributed by atoms with Gasteiger partial charge in [0.1, 0.15) is 0 Å². The van der Waals surface area contributed by atoms with Crippen LogP contribution in [0.2, 0.25) is 0 Å². The van der Waals surface area contributed by atoms with Gasteiger partial charge in [0.25, 0.3) is 0 Å². The molecule has 1 N–H and O–H groups in total. The zero-order chi connectivity index (χ0) is 27.0. The average molecular weight is 671 g/mol. The van der Waals surface area contributed by atoms with Crippen molar-refractivity contribution >= 4 is 55.9 Å². The van der Waals surface area contributed by atoms with Crippen LogP contribution in [-0.2, 0) is 27.6 Å². The maximum atomic E-state index is 12.4. The second kappa shape index (κ2) is 11.7. The van der Waals surface area contributed by atoms with Gasteiger partial charge in [-0.2, -0.15) is 0 Å². The summed E-state index contributed by atoms with van der Waals surface area (Å²) in [5.74, 6) is 0. The van der Waals surface area contributed by atoms with Crippen molar-refractivity contribution in [1.29, 1.82) is 0 Å². The Kier molecular flexibility index (Phi) is 8.74. The van der Waals surface area contributed by atoms with Gasteiger partial charge < -0.3 is 14.5 Å². The summed E-state index contributed by atoms with van der Waals surface area (Å²) < 4.78 is 34.5. The van der Waals surface area contributed by atoms with Gasteiger partial charge in [0.2, 0.25) is 10.0 Å². The first-order chi connectivity index (χ1) is 18.2. The molecule has 0 spiro atoms. The van der Waals surface area contributed by atoms with Gasteiger partial charge in [-0.15, -0.1) is 0 Å². The summed E-state index contributed by atoms with van der Waals surface area (Å²) in [5, 5.41) is 0.744. The van der Waals surface area contributed by atoms with E-state index in [4.69, 9.17) is 9.73 Å². The molecule has 7 nitrogen and oxygen atoms in total. The number of halogens is 1. The number of piperidine rings is 1. The van der Waals surface area contributed by atoms with Crippen LogP contribution in [0.5, 0.6) is 0 Å². The third kappa shape index (κ3) is 5.66. The highest BCUT2D eigenvalue weighted by molar-refractivity contribution is 14.2. The number of ether oxygens (including phenoxy) is 1. The molecule has 5 rings (SSSR count). The highest BCUT2D eigenvalue weighted by Crippen LogP contribution is 2.48. The Labute approximate surface area is 241 Å². The van der Waals surface area contributed by atoms with Crippen molar-refractivity contribution in [2.75, 3.05) is 49.2 Å². The second-order valence-electron chi connectivity index (χ2n) is 10.6. The normalized spacial score (nSPS) is 20.3. The Balaban J connectivity index is 1.49. The fourth-order valence-corrected chi connectivity index (χ4v) is 9.77. The predicted molar refractivity (Wildman–Crippen MR) is 167 cm³/mol. The van der Waals surface area contributed by atoms with E-state index in [0.29, 0.717) is 0 Å². The Hall–Kier alpha value is -1.21. The summed E-state index contributed by atoms with van der Waals surface area (Å²) in [4.78, 5) is 11.5. The minimum absolute atomic E-state index is 0.00840. The molecule has 0 aromatic heterocycles. The quantitative estimate of drug-likeness (QED) is 0.327. The number of rotatable bonds is 7. The summed E-state index contributed by atoms with van der Waals surface area (Å²) >= 11 is 2.63. The van der Waals surface area contributed by atoms with E-state index in [1.165, 1.54) is 31.9 Å². The molecule has 1 atom stereocenters. The number of fused-ring (bicyclic) bond motifs is 2. The zero-order valence-electron chi connectivity index (χ0n) is 22.8. The van der Waals surface area contributed by atoms with Crippen LogP contribution >= 0.6 is 28.9 Å². The van der Waals surface area contributed by atoms with Crippen LogP contribution in [0.15, 0.2) is 34.2 Å². The van der Waals surface area contributed by atoms with E-state index in [9.17, 15) is 8.42 Å². The minimum Gasteiger partial charge on any atom is -0.378 e. The average Bonchev–Trinajstić information content (AvgIpc) is 2.93. The van der Waals surface area contributed by atoms with Crippen LogP contribution in [0, 0.1) is 4.51 Å². The second-order valence-corrected chi connectivity index (χ2v) is 16.9. The first kappa shape index (κ1) is 28.3. The first-order valence-corrected chi connectivity index (χ1v) is 19.1. The molecule has 3 heterocycles. The van der Waals surface area contributed by atoms with Gasteiger partial charge in [-0.25, -0.2) is 18.1 Å². The van der Waals surface area contributed by atoms with Crippen molar-refractivity contribution < 1.29 is 13.2 Å². The lowest BCUT2D eigenvalue weighted by molar-refractivity contribution is 0.122. The summed E-state index contributed by atoms with van der Waals surface area (Å²) in [5.41, 5.74) is 6.30. The molecular weight excluding hydrogens is 631 g/mol. The van der Waals surface area contributed by atoms with Crippen LogP contribution in [0.3, 0.4) is 0 Å². The Morgan fingerprint density at radius 1 is 1.00 bits per heavy atom. The van der Waals surface area contributed by atoms with Gasteiger partial charge in [0.05, 0.1) is 29.5 Å². The van der Waals surface area contributed by atoms with Crippen molar-refractivity contribution in [1.82, 2.24) is 4.72 Å². The van der Waals surface area contributed by atoms with Gasteiger partial charge in [-0.3, -0.25) is 0 Å². The molecule has 10 heteroatoms. The van der Waals surface area contributed by atoms with E-state index in [2.05, 4.69) is 73.8 Å². The highest BCUT2D eigenvalue weighted by Gasteiger charge is 2.26. The number of hydrogen-bond donors (Lipinski definition) is 1. The van der Waals surface area contributed by atoms with Gasteiger partial charge in [0, 0.05) is 53.0 Å². The minimum atomic E-state index is -3.25. The Morgan fingerprint density at radius 2 is 1.61 bits per heavy atom. The third-order valence-corrected chi connectivity index (χ3v) is 14.0. The lowest BCUT2D eigenvalue weighted by Gasteiger charge is -2.34. The molecule has 38 heavy (non-hydrogen) atoms. The third-order valence-electron chi connectivity index (χ3n) is 7.84. The number of anilines is 2. The number of nitrogens with zero attached hydrogens (tertiary/aromatic N) is 3.